The summed E-state index contributed by atoms with van der Waals surface area (Å²) in [6.45, 7) is 4.00. The molecule has 2 heterocycles. The highest BCUT2D eigenvalue weighted by atomic mass is 16.5. The molecule has 1 aromatic heterocycles. The monoisotopic (exact) mass is 320 g/mol. The Morgan fingerprint density at radius 2 is 2.04 bits per heavy atom. The highest BCUT2D eigenvalue weighted by Gasteiger charge is 2.23. The van der Waals surface area contributed by atoms with Crippen LogP contribution in [0.15, 0.2) is 48.5 Å². The minimum atomic E-state index is 0.0543. The minimum absolute atomic E-state index is 0.0543. The summed E-state index contributed by atoms with van der Waals surface area (Å²) in [5, 5.41) is 1.07. The molecule has 0 unspecified atom stereocenters. The first kappa shape index (κ1) is 14.8. The van der Waals surface area contributed by atoms with Crippen molar-refractivity contribution in [2.24, 2.45) is 0 Å². The zero-order valence-corrected chi connectivity index (χ0v) is 13.7. The molecule has 24 heavy (non-hydrogen) atoms. The molecule has 0 saturated heterocycles. The number of rotatable bonds is 3. The fourth-order valence-electron chi connectivity index (χ4n) is 3.32. The molecule has 1 amide bonds. The zero-order chi connectivity index (χ0) is 16.5. The van der Waals surface area contributed by atoms with Crippen LogP contribution in [0.2, 0.25) is 0 Å². The molecule has 122 valence electrons. The lowest BCUT2D eigenvalue weighted by molar-refractivity contribution is 0.0729. The maximum Gasteiger partial charge on any atom is 0.270 e. The van der Waals surface area contributed by atoms with Gasteiger partial charge in [-0.15, -0.1) is 0 Å². The van der Waals surface area contributed by atoms with Crippen LogP contribution >= 0.6 is 0 Å². The quantitative estimate of drug-likeness (QED) is 0.798. The van der Waals surface area contributed by atoms with Gasteiger partial charge in [-0.1, -0.05) is 24.3 Å². The Morgan fingerprint density at radius 3 is 2.88 bits per heavy atom. The molecule has 0 aliphatic carbocycles. The maximum atomic E-state index is 12.9. The average Bonchev–Trinajstić information content (AvgIpc) is 3.05. The number of amides is 1. The Kier molecular flexibility index (Phi) is 3.73. The van der Waals surface area contributed by atoms with Crippen LogP contribution in [-0.2, 0) is 13.0 Å². The van der Waals surface area contributed by atoms with E-state index < -0.39 is 0 Å². The molecule has 4 rings (SSSR count). The van der Waals surface area contributed by atoms with E-state index in [0.717, 1.165) is 29.6 Å². The van der Waals surface area contributed by atoms with Crippen molar-refractivity contribution in [3.8, 4) is 5.75 Å². The number of ether oxygens (including phenoxy) is 1. The van der Waals surface area contributed by atoms with Crippen molar-refractivity contribution in [2.75, 3.05) is 13.2 Å². The molecule has 0 radical (unpaired) electrons. The SMILES string of the molecule is CCOc1ccc2c(c1)CN(C(=O)c1cc3ccccc3[nH]1)CC2. The number of nitrogens with zero attached hydrogens (tertiary/aromatic N) is 1. The molecule has 4 heteroatoms. The first-order valence-corrected chi connectivity index (χ1v) is 8.36. The first-order chi connectivity index (χ1) is 11.7. The number of benzene rings is 2. The van der Waals surface area contributed by atoms with Crippen LogP contribution in [0, 0.1) is 0 Å². The number of nitrogens with one attached hydrogen (secondary N) is 1. The highest BCUT2D eigenvalue weighted by molar-refractivity contribution is 5.98. The third-order valence-corrected chi connectivity index (χ3v) is 4.55. The summed E-state index contributed by atoms with van der Waals surface area (Å²) in [6.07, 6.45) is 0.883. The van der Waals surface area contributed by atoms with Crippen LogP contribution in [0.4, 0.5) is 0 Å². The van der Waals surface area contributed by atoms with Gasteiger partial charge in [0.2, 0.25) is 0 Å². The summed E-state index contributed by atoms with van der Waals surface area (Å²) in [5.41, 5.74) is 4.13. The standard InChI is InChI=1S/C20H20N2O2/c1-2-24-17-8-7-14-9-10-22(13-16(14)11-17)20(23)19-12-15-5-3-4-6-18(15)21-19/h3-8,11-12,21H,2,9-10,13H2,1H3. The number of aromatic amines is 1. The van der Waals surface area contributed by atoms with Crippen LogP contribution in [-0.4, -0.2) is 28.9 Å². The van der Waals surface area contributed by atoms with Crippen molar-refractivity contribution in [3.05, 3.63) is 65.4 Å². The molecule has 0 bridgehead atoms. The van der Waals surface area contributed by atoms with Crippen molar-refractivity contribution in [2.45, 2.75) is 19.9 Å². The average molecular weight is 320 g/mol. The van der Waals surface area contributed by atoms with E-state index in [0.29, 0.717) is 18.8 Å². The van der Waals surface area contributed by atoms with E-state index in [1.807, 2.05) is 48.2 Å². The Bertz CT molecular complexity index is 865. The summed E-state index contributed by atoms with van der Waals surface area (Å²) >= 11 is 0. The van der Waals surface area contributed by atoms with Gasteiger partial charge in [0.1, 0.15) is 11.4 Å². The van der Waals surface area contributed by atoms with Gasteiger partial charge in [-0.2, -0.15) is 0 Å². The minimum Gasteiger partial charge on any atom is -0.494 e. The molecule has 1 aliphatic rings. The third kappa shape index (κ3) is 2.64. The van der Waals surface area contributed by atoms with Gasteiger partial charge < -0.3 is 14.6 Å². The predicted octanol–water partition coefficient (Wildman–Crippen LogP) is 3.77. The Hall–Kier alpha value is -2.75. The second kappa shape index (κ2) is 6.04. The second-order valence-electron chi connectivity index (χ2n) is 6.11. The predicted molar refractivity (Wildman–Crippen MR) is 94.4 cm³/mol. The van der Waals surface area contributed by atoms with Gasteiger partial charge >= 0.3 is 0 Å². The van der Waals surface area contributed by atoms with E-state index in [1.165, 1.54) is 11.1 Å². The zero-order valence-electron chi connectivity index (χ0n) is 13.7. The Labute approximate surface area is 141 Å². The summed E-state index contributed by atoms with van der Waals surface area (Å²) in [4.78, 5) is 18.0. The van der Waals surface area contributed by atoms with Gasteiger partial charge in [-0.3, -0.25) is 4.79 Å². The lowest BCUT2D eigenvalue weighted by atomic mass is 9.99. The molecule has 1 N–H and O–H groups in total. The number of H-pyrrole nitrogens is 1. The van der Waals surface area contributed by atoms with E-state index in [4.69, 9.17) is 4.74 Å². The number of carbonyl (C=O) groups is 1. The molecule has 1 aliphatic heterocycles. The number of hydrogen-bond donors (Lipinski definition) is 1. The molecule has 3 aromatic rings. The molecule has 0 saturated carbocycles. The third-order valence-electron chi connectivity index (χ3n) is 4.55. The topological polar surface area (TPSA) is 45.3 Å². The van der Waals surface area contributed by atoms with Crippen molar-refractivity contribution in [1.29, 1.82) is 0 Å². The largest absolute Gasteiger partial charge is 0.494 e. The summed E-state index contributed by atoms with van der Waals surface area (Å²) in [7, 11) is 0. The molecule has 0 spiro atoms. The molecule has 2 aromatic carbocycles. The van der Waals surface area contributed by atoms with Crippen molar-refractivity contribution in [1.82, 2.24) is 9.88 Å². The molecule has 0 atom stereocenters. The van der Waals surface area contributed by atoms with E-state index >= 15 is 0 Å². The lowest BCUT2D eigenvalue weighted by Crippen LogP contribution is -2.36. The van der Waals surface area contributed by atoms with Crippen LogP contribution in [0.5, 0.6) is 5.75 Å². The fourth-order valence-corrected chi connectivity index (χ4v) is 3.32. The summed E-state index contributed by atoms with van der Waals surface area (Å²) in [5.74, 6) is 0.926. The molecular formula is C20H20N2O2. The van der Waals surface area contributed by atoms with Gasteiger partial charge in [0.25, 0.3) is 5.91 Å². The number of hydrogen-bond acceptors (Lipinski definition) is 2. The van der Waals surface area contributed by atoms with E-state index in [2.05, 4.69) is 17.1 Å². The Balaban J connectivity index is 1.59. The summed E-state index contributed by atoms with van der Waals surface area (Å²) < 4.78 is 5.58. The number of fused-ring (bicyclic) bond motifs is 2. The van der Waals surface area contributed by atoms with Gasteiger partial charge in [-0.05, 0) is 48.7 Å². The van der Waals surface area contributed by atoms with Gasteiger partial charge in [-0.25, -0.2) is 0 Å². The van der Waals surface area contributed by atoms with Gasteiger partial charge in [0, 0.05) is 24.0 Å². The molecule has 0 fully saturated rings. The van der Waals surface area contributed by atoms with Crippen LogP contribution < -0.4 is 4.74 Å². The van der Waals surface area contributed by atoms with Crippen molar-refractivity contribution >= 4 is 16.8 Å². The number of aromatic nitrogens is 1. The maximum absolute atomic E-state index is 12.9. The fraction of sp³-hybridized carbons (Fsp3) is 0.250. The summed E-state index contributed by atoms with van der Waals surface area (Å²) in [6, 6.07) is 16.1. The number of para-hydroxylation sites is 1. The molecular weight excluding hydrogens is 300 g/mol. The van der Waals surface area contributed by atoms with Crippen molar-refractivity contribution in [3.63, 3.8) is 0 Å². The lowest BCUT2D eigenvalue weighted by Gasteiger charge is -2.29. The highest BCUT2D eigenvalue weighted by Crippen LogP contribution is 2.25. The van der Waals surface area contributed by atoms with Gasteiger partial charge in [0.15, 0.2) is 0 Å². The first-order valence-electron chi connectivity index (χ1n) is 8.36. The van der Waals surface area contributed by atoms with E-state index in [-0.39, 0.29) is 5.91 Å². The number of carbonyl (C=O) groups excluding carboxylic acids is 1. The van der Waals surface area contributed by atoms with Crippen LogP contribution in [0.3, 0.4) is 0 Å². The van der Waals surface area contributed by atoms with Gasteiger partial charge in [0.05, 0.1) is 6.61 Å². The Morgan fingerprint density at radius 1 is 1.17 bits per heavy atom. The van der Waals surface area contributed by atoms with Crippen LogP contribution in [0.25, 0.3) is 10.9 Å². The van der Waals surface area contributed by atoms with E-state index in [1.54, 1.807) is 0 Å². The van der Waals surface area contributed by atoms with Crippen LogP contribution in [0.1, 0.15) is 28.5 Å². The second-order valence-corrected chi connectivity index (χ2v) is 6.11. The van der Waals surface area contributed by atoms with Crippen molar-refractivity contribution < 1.29 is 9.53 Å². The van der Waals surface area contributed by atoms with E-state index in [9.17, 15) is 4.79 Å². The smallest absolute Gasteiger partial charge is 0.270 e. The normalized spacial score (nSPS) is 13.8. The molecule has 4 nitrogen and oxygen atoms in total.